The molecule has 0 saturated carbocycles. The van der Waals surface area contributed by atoms with Crippen LogP contribution in [0.25, 0.3) is 0 Å². The molecule has 3 N–H and O–H groups in total. The van der Waals surface area contributed by atoms with Crippen molar-refractivity contribution in [2.75, 3.05) is 17.2 Å². The molecule has 0 radical (unpaired) electrons. The second-order valence-corrected chi connectivity index (χ2v) is 4.74. The predicted octanol–water partition coefficient (Wildman–Crippen LogP) is 3.29. The zero-order valence-electron chi connectivity index (χ0n) is 11.0. The first kappa shape index (κ1) is 14.2. The average Bonchev–Trinajstić information content (AvgIpc) is 2.39. The first-order valence-corrected chi connectivity index (χ1v) is 6.56. The molecule has 0 bridgehead atoms. The summed E-state index contributed by atoms with van der Waals surface area (Å²) in [4.78, 5) is 14.1. The highest BCUT2D eigenvalue weighted by molar-refractivity contribution is 6.31. The van der Waals surface area contributed by atoms with E-state index >= 15 is 0 Å². The van der Waals surface area contributed by atoms with Crippen LogP contribution in [0.15, 0.2) is 42.5 Å². The standard InChI is InChI=1S/C15H15ClN2O2/c1-2-18(11-4-3-5-12(19)9-11)15(20)13-7-6-10(16)8-14(13)17/h3-9,19H,2,17H2,1H3. The number of rotatable bonds is 3. The van der Waals surface area contributed by atoms with Gasteiger partial charge >= 0.3 is 0 Å². The number of hydrogen-bond donors (Lipinski definition) is 2. The summed E-state index contributed by atoms with van der Waals surface area (Å²) < 4.78 is 0. The molecule has 2 aromatic carbocycles. The molecule has 0 unspecified atom stereocenters. The Labute approximate surface area is 122 Å². The van der Waals surface area contributed by atoms with E-state index in [2.05, 4.69) is 0 Å². The van der Waals surface area contributed by atoms with Gasteiger partial charge in [0.1, 0.15) is 5.75 Å². The van der Waals surface area contributed by atoms with Crippen LogP contribution < -0.4 is 10.6 Å². The summed E-state index contributed by atoms with van der Waals surface area (Å²) in [5.41, 5.74) is 7.18. The fraction of sp³-hybridized carbons (Fsp3) is 0.133. The number of amides is 1. The van der Waals surface area contributed by atoms with Crippen molar-refractivity contribution >= 4 is 28.9 Å². The highest BCUT2D eigenvalue weighted by Gasteiger charge is 2.18. The number of nitrogens with zero attached hydrogens (tertiary/aromatic N) is 1. The summed E-state index contributed by atoms with van der Waals surface area (Å²) in [6.07, 6.45) is 0. The zero-order valence-corrected chi connectivity index (χ0v) is 11.8. The lowest BCUT2D eigenvalue weighted by molar-refractivity contribution is 0.0989. The number of carbonyl (C=O) groups excluding carboxylic acids is 1. The van der Waals surface area contributed by atoms with Crippen molar-refractivity contribution in [3.05, 3.63) is 53.1 Å². The van der Waals surface area contributed by atoms with Crippen molar-refractivity contribution < 1.29 is 9.90 Å². The Bertz CT molecular complexity index is 644. The number of halogens is 1. The number of nitrogens with two attached hydrogens (primary N) is 1. The van der Waals surface area contributed by atoms with Gasteiger partial charge in [0.05, 0.1) is 5.56 Å². The third-order valence-electron chi connectivity index (χ3n) is 2.95. The van der Waals surface area contributed by atoms with Crippen molar-refractivity contribution in [2.24, 2.45) is 0 Å². The Hall–Kier alpha value is -2.20. The van der Waals surface area contributed by atoms with Gasteiger partial charge < -0.3 is 15.7 Å². The Morgan fingerprint density at radius 3 is 2.65 bits per heavy atom. The minimum absolute atomic E-state index is 0.109. The molecule has 20 heavy (non-hydrogen) atoms. The van der Waals surface area contributed by atoms with Gasteiger partial charge in [-0.1, -0.05) is 17.7 Å². The number of phenolic OH excluding ortho intramolecular Hbond substituents is 1. The third kappa shape index (κ3) is 2.86. The van der Waals surface area contributed by atoms with Gasteiger partial charge in [-0.2, -0.15) is 0 Å². The summed E-state index contributed by atoms with van der Waals surface area (Å²) in [6, 6.07) is 11.3. The third-order valence-corrected chi connectivity index (χ3v) is 3.18. The van der Waals surface area contributed by atoms with Crippen LogP contribution in [0.5, 0.6) is 5.75 Å². The minimum atomic E-state index is -0.229. The van der Waals surface area contributed by atoms with Crippen LogP contribution in [0, 0.1) is 0 Å². The quantitative estimate of drug-likeness (QED) is 0.852. The van der Waals surface area contributed by atoms with Crippen LogP contribution in [0.3, 0.4) is 0 Å². The summed E-state index contributed by atoms with van der Waals surface area (Å²) in [6.45, 7) is 2.32. The Kier molecular flexibility index (Phi) is 4.15. The van der Waals surface area contributed by atoms with Crippen molar-refractivity contribution in [3.63, 3.8) is 0 Å². The van der Waals surface area contributed by atoms with E-state index in [0.717, 1.165) is 0 Å². The molecule has 4 nitrogen and oxygen atoms in total. The van der Waals surface area contributed by atoms with Gasteiger partial charge in [-0.3, -0.25) is 4.79 Å². The highest BCUT2D eigenvalue weighted by atomic mass is 35.5. The second kappa shape index (κ2) is 5.84. The smallest absolute Gasteiger partial charge is 0.260 e. The first-order valence-electron chi connectivity index (χ1n) is 6.19. The molecule has 2 aromatic rings. The topological polar surface area (TPSA) is 66.6 Å². The monoisotopic (exact) mass is 290 g/mol. The molecular formula is C15H15ClN2O2. The number of nitrogen functional groups attached to an aromatic ring is 1. The number of hydrogen-bond acceptors (Lipinski definition) is 3. The Morgan fingerprint density at radius 2 is 2.05 bits per heavy atom. The highest BCUT2D eigenvalue weighted by Crippen LogP contribution is 2.25. The van der Waals surface area contributed by atoms with Crippen LogP contribution in [0.2, 0.25) is 5.02 Å². The molecule has 0 spiro atoms. The van der Waals surface area contributed by atoms with E-state index in [4.69, 9.17) is 17.3 Å². The van der Waals surface area contributed by atoms with E-state index in [1.54, 1.807) is 41.3 Å². The second-order valence-electron chi connectivity index (χ2n) is 4.30. The predicted molar refractivity (Wildman–Crippen MR) is 81.3 cm³/mol. The van der Waals surface area contributed by atoms with E-state index in [0.29, 0.717) is 28.5 Å². The number of anilines is 2. The molecule has 0 aliphatic rings. The fourth-order valence-corrected chi connectivity index (χ4v) is 2.16. The van der Waals surface area contributed by atoms with Crippen molar-refractivity contribution in [1.29, 1.82) is 0 Å². The molecule has 0 aliphatic carbocycles. The van der Waals surface area contributed by atoms with Gasteiger partial charge in [-0.05, 0) is 37.3 Å². The molecule has 2 rings (SSSR count). The van der Waals surface area contributed by atoms with Gasteiger partial charge in [-0.25, -0.2) is 0 Å². The summed E-state index contributed by atoms with van der Waals surface area (Å²) in [7, 11) is 0. The molecule has 104 valence electrons. The molecule has 0 atom stereocenters. The lowest BCUT2D eigenvalue weighted by Crippen LogP contribution is -2.31. The minimum Gasteiger partial charge on any atom is -0.508 e. The Balaban J connectivity index is 2.39. The maximum absolute atomic E-state index is 12.5. The molecule has 5 heteroatoms. The van der Waals surface area contributed by atoms with E-state index in [1.165, 1.54) is 6.07 Å². The van der Waals surface area contributed by atoms with Crippen molar-refractivity contribution in [2.45, 2.75) is 6.92 Å². The first-order chi connectivity index (χ1) is 9.52. The van der Waals surface area contributed by atoms with Crippen LogP contribution in [0.4, 0.5) is 11.4 Å². The van der Waals surface area contributed by atoms with Crippen LogP contribution >= 0.6 is 11.6 Å². The normalized spacial score (nSPS) is 10.3. The summed E-state index contributed by atoms with van der Waals surface area (Å²) in [5, 5.41) is 10.0. The van der Waals surface area contributed by atoms with E-state index in [9.17, 15) is 9.90 Å². The van der Waals surface area contributed by atoms with E-state index in [-0.39, 0.29) is 11.7 Å². The number of benzene rings is 2. The summed E-state index contributed by atoms with van der Waals surface area (Å²) >= 11 is 5.83. The largest absolute Gasteiger partial charge is 0.508 e. The zero-order chi connectivity index (χ0) is 14.7. The van der Waals surface area contributed by atoms with E-state index in [1.807, 2.05) is 6.92 Å². The van der Waals surface area contributed by atoms with Crippen LogP contribution in [-0.2, 0) is 0 Å². The lowest BCUT2D eigenvalue weighted by atomic mass is 10.1. The van der Waals surface area contributed by atoms with E-state index < -0.39 is 0 Å². The molecular weight excluding hydrogens is 276 g/mol. The molecule has 0 heterocycles. The molecule has 1 amide bonds. The maximum atomic E-state index is 12.5. The molecule has 0 fully saturated rings. The Morgan fingerprint density at radius 1 is 1.30 bits per heavy atom. The van der Waals surface area contributed by atoms with Gasteiger partial charge in [0.25, 0.3) is 5.91 Å². The van der Waals surface area contributed by atoms with Crippen molar-refractivity contribution in [3.8, 4) is 5.75 Å². The van der Waals surface area contributed by atoms with Gasteiger partial charge in [0, 0.05) is 29.0 Å². The lowest BCUT2D eigenvalue weighted by Gasteiger charge is -2.22. The van der Waals surface area contributed by atoms with Crippen molar-refractivity contribution in [1.82, 2.24) is 0 Å². The molecule has 0 aliphatic heterocycles. The fourth-order valence-electron chi connectivity index (χ4n) is 1.98. The number of carbonyl (C=O) groups is 1. The van der Waals surface area contributed by atoms with Crippen LogP contribution in [0.1, 0.15) is 17.3 Å². The van der Waals surface area contributed by atoms with Gasteiger partial charge in [0.15, 0.2) is 0 Å². The number of aromatic hydroxyl groups is 1. The van der Waals surface area contributed by atoms with Gasteiger partial charge in [0.2, 0.25) is 0 Å². The molecule has 0 saturated heterocycles. The summed E-state index contributed by atoms with van der Waals surface area (Å²) in [5.74, 6) is -0.120. The van der Waals surface area contributed by atoms with Crippen LogP contribution in [-0.4, -0.2) is 17.6 Å². The average molecular weight is 291 g/mol. The SMILES string of the molecule is CCN(C(=O)c1ccc(Cl)cc1N)c1cccc(O)c1. The number of phenols is 1. The maximum Gasteiger partial charge on any atom is 0.260 e. The molecule has 0 aromatic heterocycles. The van der Waals surface area contributed by atoms with Gasteiger partial charge in [-0.15, -0.1) is 0 Å².